The van der Waals surface area contributed by atoms with Crippen LogP contribution in [0.3, 0.4) is 0 Å². The van der Waals surface area contributed by atoms with Gasteiger partial charge in [0.2, 0.25) is 7.59 Å². The molecule has 0 fully saturated rings. The Kier molecular flexibility index (Phi) is 5.15. The molecule has 10 heteroatoms. The minimum absolute atomic E-state index is 0.108. The van der Waals surface area contributed by atoms with Gasteiger partial charge in [0.05, 0.1) is 0 Å². The molecule has 130 valence electrons. The van der Waals surface area contributed by atoms with Gasteiger partial charge in [0, 0.05) is 10.9 Å². The largest absolute Gasteiger partial charge is 0.507 e. The van der Waals surface area contributed by atoms with Crippen molar-refractivity contribution in [2.24, 2.45) is 0 Å². The Bertz CT molecular complexity index is 920. The van der Waals surface area contributed by atoms with E-state index < -0.39 is 7.59 Å². The van der Waals surface area contributed by atoms with Crippen LogP contribution in [0.4, 0.5) is 0 Å². The molecule has 0 saturated carbocycles. The Morgan fingerprint density at radius 2 is 1.20 bits per heavy atom. The maximum atomic E-state index is 10.0. The summed E-state index contributed by atoms with van der Waals surface area (Å²) >= 11 is 35.4. The van der Waals surface area contributed by atoms with Crippen molar-refractivity contribution < 1.29 is 5.11 Å². The number of alkyl halides is 6. The number of benzene rings is 2. The Hall–Kier alpha value is -0.750. The third-order valence-electron chi connectivity index (χ3n) is 3.28. The second-order valence-corrected chi connectivity index (χ2v) is 9.54. The maximum absolute atomic E-state index is 10.0. The molecule has 0 saturated heterocycles. The van der Waals surface area contributed by atoms with E-state index in [0.29, 0.717) is 16.3 Å². The monoisotopic (exact) mass is 455 g/mol. The average molecular weight is 458 g/mol. The number of hydrogen-bond acceptors (Lipinski definition) is 4. The first-order valence-corrected chi connectivity index (χ1v) is 8.95. The molecule has 4 nitrogen and oxygen atoms in total. The highest BCUT2D eigenvalue weighted by Crippen LogP contribution is 2.41. The average Bonchev–Trinajstić information content (AvgIpc) is 2.53. The molecule has 0 spiro atoms. The van der Waals surface area contributed by atoms with Crippen LogP contribution in [0.25, 0.3) is 22.2 Å². The highest BCUT2D eigenvalue weighted by atomic mass is 35.6. The molecule has 0 aliphatic rings. The van der Waals surface area contributed by atoms with Gasteiger partial charge < -0.3 is 5.11 Å². The molecule has 3 rings (SSSR count). The molecular weight excluding hydrogens is 451 g/mol. The molecule has 0 radical (unpaired) electrons. The number of phenols is 1. The summed E-state index contributed by atoms with van der Waals surface area (Å²) < 4.78 is -3.87. The minimum atomic E-state index is -1.94. The Morgan fingerprint density at radius 1 is 0.680 bits per heavy atom. The molecule has 0 atom stereocenters. The number of phenolic OH excluding ortho intramolecular Hbond substituents is 1. The molecule has 2 aromatic carbocycles. The van der Waals surface area contributed by atoms with Gasteiger partial charge in [-0.15, -0.1) is 0 Å². The number of fused-ring (bicyclic) bond motifs is 1. The van der Waals surface area contributed by atoms with Gasteiger partial charge in [-0.3, -0.25) is 0 Å². The minimum Gasteiger partial charge on any atom is -0.507 e. The number of hydrogen-bond donors (Lipinski definition) is 1. The molecule has 1 N–H and O–H groups in total. The van der Waals surface area contributed by atoms with Crippen LogP contribution in [0.1, 0.15) is 11.6 Å². The van der Waals surface area contributed by atoms with Gasteiger partial charge in [0.15, 0.2) is 17.5 Å². The van der Waals surface area contributed by atoms with E-state index in [1.165, 1.54) is 6.07 Å². The van der Waals surface area contributed by atoms with E-state index in [9.17, 15) is 5.11 Å². The normalized spacial score (nSPS) is 12.6. The van der Waals surface area contributed by atoms with E-state index in [0.717, 1.165) is 0 Å². The lowest BCUT2D eigenvalue weighted by molar-refractivity contribution is 0.481. The summed E-state index contributed by atoms with van der Waals surface area (Å²) in [5, 5.41) is 11.3. The maximum Gasteiger partial charge on any atom is 0.250 e. The van der Waals surface area contributed by atoms with Crippen molar-refractivity contribution in [1.82, 2.24) is 15.0 Å². The lowest BCUT2D eigenvalue weighted by Gasteiger charge is -2.16. The van der Waals surface area contributed by atoms with Crippen LogP contribution < -0.4 is 0 Å². The zero-order valence-electron chi connectivity index (χ0n) is 12.0. The lowest BCUT2D eigenvalue weighted by atomic mass is 10.0. The van der Waals surface area contributed by atoms with Crippen LogP contribution in [0.5, 0.6) is 5.75 Å². The molecule has 0 bridgehead atoms. The van der Waals surface area contributed by atoms with Crippen molar-refractivity contribution in [3.8, 4) is 17.1 Å². The van der Waals surface area contributed by atoms with Crippen LogP contribution in [-0.2, 0) is 7.59 Å². The highest BCUT2D eigenvalue weighted by Gasteiger charge is 2.34. The number of aromatic hydroxyl groups is 1. The molecule has 25 heavy (non-hydrogen) atoms. The van der Waals surface area contributed by atoms with Gasteiger partial charge in [-0.25, -0.2) is 15.0 Å². The number of halogens is 6. The predicted octanol–water partition coefficient (Wildman–Crippen LogP) is 6.05. The Balaban J connectivity index is 2.33. The van der Waals surface area contributed by atoms with E-state index in [1.807, 2.05) is 0 Å². The SMILES string of the molecule is Oc1ccc(-c2nc(C(Cl)(Cl)Cl)nc(C(Cl)(Cl)Cl)n2)c2ccccc12. The molecule has 0 unspecified atom stereocenters. The van der Waals surface area contributed by atoms with E-state index in [4.69, 9.17) is 69.6 Å². The van der Waals surface area contributed by atoms with Crippen LogP contribution in [0.15, 0.2) is 36.4 Å². The van der Waals surface area contributed by atoms with Gasteiger partial charge >= 0.3 is 0 Å². The lowest BCUT2D eigenvalue weighted by Crippen LogP contribution is -2.16. The van der Waals surface area contributed by atoms with E-state index in [-0.39, 0.29) is 23.2 Å². The fourth-order valence-electron chi connectivity index (χ4n) is 2.23. The second-order valence-electron chi connectivity index (χ2n) is 4.98. The Morgan fingerprint density at radius 3 is 1.72 bits per heavy atom. The first-order valence-electron chi connectivity index (χ1n) is 6.69. The summed E-state index contributed by atoms with van der Waals surface area (Å²) in [5.74, 6) is -0.104. The van der Waals surface area contributed by atoms with Crippen LogP contribution >= 0.6 is 69.6 Å². The van der Waals surface area contributed by atoms with E-state index >= 15 is 0 Å². The highest BCUT2D eigenvalue weighted by molar-refractivity contribution is 6.67. The summed E-state index contributed by atoms with van der Waals surface area (Å²) in [4.78, 5) is 12.3. The summed E-state index contributed by atoms with van der Waals surface area (Å²) in [5.41, 5.74) is 0.557. The first kappa shape index (κ1) is 19.0. The Labute approximate surface area is 172 Å². The number of rotatable bonds is 1. The zero-order chi connectivity index (χ0) is 18.4. The van der Waals surface area contributed by atoms with Gasteiger partial charge in [-0.2, -0.15) is 0 Å². The summed E-state index contributed by atoms with van der Waals surface area (Å²) in [6.45, 7) is 0. The third kappa shape index (κ3) is 4.00. The van der Waals surface area contributed by atoms with Crippen LogP contribution in [0.2, 0.25) is 0 Å². The summed E-state index contributed by atoms with van der Waals surface area (Å²) in [6, 6.07) is 10.3. The van der Waals surface area contributed by atoms with Crippen molar-refractivity contribution in [3.63, 3.8) is 0 Å². The van der Waals surface area contributed by atoms with Crippen molar-refractivity contribution in [1.29, 1.82) is 0 Å². The number of nitrogens with zero attached hydrogens (tertiary/aromatic N) is 3. The van der Waals surface area contributed by atoms with E-state index in [2.05, 4.69) is 15.0 Å². The summed E-state index contributed by atoms with van der Waals surface area (Å²) in [7, 11) is 0. The van der Waals surface area contributed by atoms with Gasteiger partial charge in [-0.1, -0.05) is 93.9 Å². The van der Waals surface area contributed by atoms with Gasteiger partial charge in [-0.05, 0) is 17.5 Å². The topological polar surface area (TPSA) is 58.9 Å². The number of aromatic nitrogens is 3. The van der Waals surface area contributed by atoms with Crippen molar-refractivity contribution in [2.75, 3.05) is 0 Å². The fourth-order valence-corrected chi connectivity index (χ4v) is 2.74. The van der Waals surface area contributed by atoms with Crippen molar-refractivity contribution in [2.45, 2.75) is 7.59 Å². The second kappa shape index (κ2) is 6.76. The predicted molar refractivity (Wildman–Crippen MR) is 103 cm³/mol. The van der Waals surface area contributed by atoms with Crippen LogP contribution in [0, 0.1) is 0 Å². The first-order chi connectivity index (χ1) is 11.6. The smallest absolute Gasteiger partial charge is 0.250 e. The standard InChI is InChI=1S/C15H7Cl6N3O/c16-14(17,18)12-22-11(23-13(24-12)15(19,20)21)9-5-6-10(25)8-4-2-1-3-7(8)9/h1-6,25H. The molecule has 0 aliphatic heterocycles. The van der Waals surface area contributed by atoms with E-state index in [1.54, 1.807) is 30.3 Å². The van der Waals surface area contributed by atoms with Gasteiger partial charge in [0.1, 0.15) is 5.75 Å². The third-order valence-corrected chi connectivity index (χ3v) is 4.30. The quantitative estimate of drug-likeness (QED) is 0.452. The van der Waals surface area contributed by atoms with Crippen LogP contribution in [-0.4, -0.2) is 20.1 Å². The van der Waals surface area contributed by atoms with Crippen molar-refractivity contribution >= 4 is 80.4 Å². The molecule has 0 amide bonds. The summed E-state index contributed by atoms with van der Waals surface area (Å²) in [6.07, 6.45) is 0. The zero-order valence-corrected chi connectivity index (χ0v) is 16.6. The van der Waals surface area contributed by atoms with Crippen molar-refractivity contribution in [3.05, 3.63) is 48.0 Å². The fraction of sp³-hybridized carbons (Fsp3) is 0.133. The molecule has 1 aromatic heterocycles. The molecule has 1 heterocycles. The molecular formula is C15H7Cl6N3O. The van der Waals surface area contributed by atoms with Gasteiger partial charge in [0.25, 0.3) is 0 Å². The molecule has 3 aromatic rings. The molecule has 0 aliphatic carbocycles.